The first-order valence-electron chi connectivity index (χ1n) is 8.00. The van der Waals surface area contributed by atoms with Crippen LogP contribution in [0.25, 0.3) is 10.8 Å². The average molecular weight is 266 g/mol. The monoisotopic (exact) mass is 266 g/mol. The van der Waals surface area contributed by atoms with Gasteiger partial charge >= 0.3 is 0 Å². The van der Waals surface area contributed by atoms with Crippen molar-refractivity contribution in [3.05, 3.63) is 47.5 Å². The second kappa shape index (κ2) is 5.21. The largest absolute Gasteiger partial charge is 0.373 e. The van der Waals surface area contributed by atoms with E-state index in [1.165, 1.54) is 54.0 Å². The highest BCUT2D eigenvalue weighted by atomic mass is 16.6. The van der Waals surface area contributed by atoms with Crippen molar-refractivity contribution in [2.24, 2.45) is 5.92 Å². The van der Waals surface area contributed by atoms with Crippen LogP contribution in [-0.4, -0.2) is 12.7 Å². The third-order valence-electron chi connectivity index (χ3n) is 4.66. The summed E-state index contributed by atoms with van der Waals surface area (Å²) in [5.41, 5.74) is 2.96. The third kappa shape index (κ3) is 3.04. The molecular formula is C19H22O. The fourth-order valence-corrected chi connectivity index (χ4v) is 3.00. The van der Waals surface area contributed by atoms with Crippen LogP contribution in [0.1, 0.15) is 36.8 Å². The zero-order chi connectivity index (χ0) is 13.4. The van der Waals surface area contributed by atoms with Gasteiger partial charge < -0.3 is 4.74 Å². The topological polar surface area (TPSA) is 12.5 Å². The molecule has 1 heterocycles. The van der Waals surface area contributed by atoms with E-state index >= 15 is 0 Å². The van der Waals surface area contributed by atoms with Gasteiger partial charge in [0.05, 0.1) is 12.7 Å². The van der Waals surface area contributed by atoms with Gasteiger partial charge in [-0.3, -0.25) is 0 Å². The number of hydrogen-bond acceptors (Lipinski definition) is 1. The Hall–Kier alpha value is -1.34. The van der Waals surface area contributed by atoms with Crippen molar-refractivity contribution < 1.29 is 4.74 Å². The lowest BCUT2D eigenvalue weighted by molar-refractivity contribution is 0.397. The van der Waals surface area contributed by atoms with E-state index in [0.29, 0.717) is 6.10 Å². The minimum Gasteiger partial charge on any atom is -0.373 e. The summed E-state index contributed by atoms with van der Waals surface area (Å²) in [5, 5.41) is 2.78. The number of hydrogen-bond donors (Lipinski definition) is 0. The van der Waals surface area contributed by atoms with Gasteiger partial charge in [0.15, 0.2) is 0 Å². The maximum absolute atomic E-state index is 5.30. The highest BCUT2D eigenvalue weighted by Crippen LogP contribution is 2.33. The van der Waals surface area contributed by atoms with Crippen molar-refractivity contribution in [3.8, 4) is 0 Å². The summed E-state index contributed by atoms with van der Waals surface area (Å²) in [7, 11) is 0. The maximum Gasteiger partial charge on any atom is 0.0813 e. The maximum atomic E-state index is 5.30. The number of epoxide rings is 1. The Balaban J connectivity index is 1.50. The van der Waals surface area contributed by atoms with E-state index in [4.69, 9.17) is 4.74 Å². The van der Waals surface area contributed by atoms with E-state index in [1.54, 1.807) is 0 Å². The zero-order valence-electron chi connectivity index (χ0n) is 12.0. The number of benzene rings is 2. The van der Waals surface area contributed by atoms with Gasteiger partial charge in [-0.2, -0.15) is 0 Å². The summed E-state index contributed by atoms with van der Waals surface area (Å²) >= 11 is 0. The molecule has 0 bridgehead atoms. The standard InChI is InChI=1S/C19H22O/c1-2-14(1)3-4-15-5-8-17-9-6-16(12-18(17)11-15)7-10-19-13-20-19/h5-6,8-9,11-12,14,19H,1-4,7,10,13H2. The van der Waals surface area contributed by atoms with Gasteiger partial charge in [0.25, 0.3) is 0 Å². The van der Waals surface area contributed by atoms with Crippen LogP contribution in [0.4, 0.5) is 0 Å². The number of ether oxygens (including phenoxy) is 1. The third-order valence-corrected chi connectivity index (χ3v) is 4.66. The number of rotatable bonds is 6. The molecule has 0 amide bonds. The molecule has 2 aromatic rings. The van der Waals surface area contributed by atoms with Crippen molar-refractivity contribution in [3.63, 3.8) is 0 Å². The van der Waals surface area contributed by atoms with Crippen LogP contribution in [0, 0.1) is 5.92 Å². The van der Waals surface area contributed by atoms with Crippen molar-refractivity contribution in [1.82, 2.24) is 0 Å². The molecule has 1 aliphatic carbocycles. The molecule has 1 heteroatoms. The Kier molecular flexibility index (Phi) is 3.23. The second-order valence-electron chi connectivity index (χ2n) is 6.49. The van der Waals surface area contributed by atoms with E-state index in [-0.39, 0.29) is 0 Å². The van der Waals surface area contributed by atoms with Gasteiger partial charge in [0.2, 0.25) is 0 Å². The molecule has 0 aromatic heterocycles. The molecule has 104 valence electrons. The molecule has 0 N–H and O–H groups in total. The van der Waals surface area contributed by atoms with Crippen LogP contribution in [0.5, 0.6) is 0 Å². The van der Waals surface area contributed by atoms with Gasteiger partial charge in [-0.15, -0.1) is 0 Å². The first-order valence-corrected chi connectivity index (χ1v) is 8.00. The highest BCUT2D eigenvalue weighted by molar-refractivity contribution is 5.83. The van der Waals surface area contributed by atoms with E-state index < -0.39 is 0 Å². The second-order valence-corrected chi connectivity index (χ2v) is 6.49. The van der Waals surface area contributed by atoms with Crippen LogP contribution in [0.2, 0.25) is 0 Å². The van der Waals surface area contributed by atoms with Gasteiger partial charge in [-0.1, -0.05) is 49.2 Å². The van der Waals surface area contributed by atoms with Gasteiger partial charge in [-0.05, 0) is 53.5 Å². The van der Waals surface area contributed by atoms with Crippen molar-refractivity contribution >= 4 is 10.8 Å². The molecule has 20 heavy (non-hydrogen) atoms. The molecule has 2 aliphatic rings. The van der Waals surface area contributed by atoms with E-state index in [1.807, 2.05) is 0 Å². The summed E-state index contributed by atoms with van der Waals surface area (Å²) in [4.78, 5) is 0. The summed E-state index contributed by atoms with van der Waals surface area (Å²) in [6.07, 6.45) is 8.41. The molecule has 1 saturated heterocycles. The number of aryl methyl sites for hydroxylation is 2. The molecule has 2 fully saturated rings. The lowest BCUT2D eigenvalue weighted by Gasteiger charge is -2.06. The highest BCUT2D eigenvalue weighted by Gasteiger charge is 2.21. The Labute approximate surface area is 120 Å². The Morgan fingerprint density at radius 3 is 2.10 bits per heavy atom. The molecular weight excluding hydrogens is 244 g/mol. The van der Waals surface area contributed by atoms with Crippen LogP contribution in [0.3, 0.4) is 0 Å². The molecule has 0 radical (unpaired) electrons. The Morgan fingerprint density at radius 1 is 0.850 bits per heavy atom. The molecule has 1 aliphatic heterocycles. The molecule has 1 atom stereocenters. The van der Waals surface area contributed by atoms with Crippen LogP contribution in [-0.2, 0) is 17.6 Å². The molecule has 1 unspecified atom stereocenters. The summed E-state index contributed by atoms with van der Waals surface area (Å²) in [5.74, 6) is 1.02. The lowest BCUT2D eigenvalue weighted by Crippen LogP contribution is -1.92. The predicted molar refractivity (Wildman–Crippen MR) is 83.1 cm³/mol. The molecule has 2 aromatic carbocycles. The quantitative estimate of drug-likeness (QED) is 0.701. The van der Waals surface area contributed by atoms with Crippen LogP contribution in [0.15, 0.2) is 36.4 Å². The molecule has 4 rings (SSSR count). The van der Waals surface area contributed by atoms with Crippen molar-refractivity contribution in [2.75, 3.05) is 6.61 Å². The van der Waals surface area contributed by atoms with E-state index in [2.05, 4.69) is 36.4 Å². The van der Waals surface area contributed by atoms with E-state index in [9.17, 15) is 0 Å². The number of fused-ring (bicyclic) bond motifs is 1. The fourth-order valence-electron chi connectivity index (χ4n) is 3.00. The van der Waals surface area contributed by atoms with Gasteiger partial charge in [0.1, 0.15) is 0 Å². The minimum absolute atomic E-state index is 0.538. The van der Waals surface area contributed by atoms with Crippen molar-refractivity contribution in [2.45, 2.75) is 44.6 Å². The van der Waals surface area contributed by atoms with Crippen molar-refractivity contribution in [1.29, 1.82) is 0 Å². The summed E-state index contributed by atoms with van der Waals surface area (Å²) in [6, 6.07) is 13.9. The average Bonchev–Trinajstić information content (AvgIpc) is 3.37. The van der Waals surface area contributed by atoms with Crippen LogP contribution < -0.4 is 0 Å². The molecule has 1 saturated carbocycles. The predicted octanol–water partition coefficient (Wildman–Crippen LogP) is 4.51. The fraction of sp³-hybridized carbons (Fsp3) is 0.474. The minimum atomic E-state index is 0.538. The smallest absolute Gasteiger partial charge is 0.0813 e. The van der Waals surface area contributed by atoms with Gasteiger partial charge in [-0.25, -0.2) is 0 Å². The first kappa shape index (κ1) is 12.4. The molecule has 0 spiro atoms. The van der Waals surface area contributed by atoms with Crippen LogP contribution >= 0.6 is 0 Å². The van der Waals surface area contributed by atoms with E-state index in [0.717, 1.165) is 18.9 Å². The SMILES string of the molecule is c1cc2ccc(CCC3CO3)cc2cc1CCC1CC1. The normalized spacial score (nSPS) is 21.3. The van der Waals surface area contributed by atoms with Gasteiger partial charge in [0, 0.05) is 0 Å². The first-order chi connectivity index (χ1) is 9.87. The Bertz CT molecular complexity index is 557. The summed E-state index contributed by atoms with van der Waals surface area (Å²) < 4.78 is 5.30. The lowest BCUT2D eigenvalue weighted by atomic mass is 9.99. The summed E-state index contributed by atoms with van der Waals surface area (Å²) in [6.45, 7) is 0.971. The zero-order valence-corrected chi connectivity index (χ0v) is 12.0. The molecule has 1 nitrogen and oxygen atoms in total. The Morgan fingerprint density at radius 2 is 1.50 bits per heavy atom.